The maximum absolute atomic E-state index is 9.70. The Morgan fingerprint density at radius 3 is 0.978 bits per heavy atom. The van der Waals surface area contributed by atoms with E-state index < -0.39 is 30.9 Å². The second kappa shape index (κ2) is 21.3. The molecule has 0 bridgehead atoms. The number of hydrogen-bond donors (Lipinski definition) is 0. The topological polar surface area (TPSA) is 11.4 Å². The first-order chi connectivity index (χ1) is 46.1. The van der Waals surface area contributed by atoms with Gasteiger partial charge < -0.3 is 14.4 Å². The fraction of sp³-hybridized carbons (Fsp3) is 0.233. The maximum Gasteiger partial charge on any atom is 0.252 e. The van der Waals surface area contributed by atoms with Crippen LogP contribution >= 0.6 is 0 Å². The number of benzene rings is 11. The second-order valence-corrected chi connectivity index (χ2v) is 30.1. The zero-order chi connectivity index (χ0) is 69.9. The molecule has 446 valence electrons. The van der Waals surface area contributed by atoms with Crippen LogP contribution in [0.3, 0.4) is 0 Å². The van der Waals surface area contributed by atoms with E-state index >= 15 is 0 Å². The molecule has 0 saturated carbocycles. The molecule has 0 atom stereocenters. The average Bonchev–Trinajstić information content (AvgIpc) is 0.968. The van der Waals surface area contributed by atoms with Gasteiger partial charge in [0.05, 0.1) is 33.4 Å². The highest BCUT2D eigenvalue weighted by Gasteiger charge is 2.45. The Morgan fingerprint density at radius 1 is 0.311 bits per heavy atom. The van der Waals surface area contributed by atoms with Gasteiger partial charge in [0, 0.05) is 61.5 Å². The number of para-hydroxylation sites is 4. The van der Waals surface area contributed by atoms with Crippen molar-refractivity contribution in [1.82, 2.24) is 4.57 Å². The van der Waals surface area contributed by atoms with Gasteiger partial charge in [-0.15, -0.1) is 0 Å². The van der Waals surface area contributed by atoms with E-state index in [0.29, 0.717) is 5.69 Å². The van der Waals surface area contributed by atoms with Crippen LogP contribution in [0.1, 0.15) is 143 Å². The first kappa shape index (κ1) is 49.7. The van der Waals surface area contributed by atoms with Gasteiger partial charge in [0.1, 0.15) is 0 Å². The summed E-state index contributed by atoms with van der Waals surface area (Å²) in [5.74, 6) is 0. The summed E-state index contributed by atoms with van der Waals surface area (Å²) >= 11 is 0. The normalized spacial score (nSPS) is 14.7. The number of anilines is 6. The smallest absolute Gasteiger partial charge is 0.252 e. The van der Waals surface area contributed by atoms with Crippen molar-refractivity contribution >= 4 is 79.0 Å². The molecule has 11 aromatic carbocycles. The minimum atomic E-state index is -0.487. The summed E-state index contributed by atoms with van der Waals surface area (Å²) in [5.41, 5.74) is 23.2. The molecule has 0 saturated heterocycles. The quantitative estimate of drug-likeness (QED) is 0.147. The van der Waals surface area contributed by atoms with E-state index in [1.54, 1.807) is 4.57 Å². The highest BCUT2D eigenvalue weighted by molar-refractivity contribution is 7.00. The van der Waals surface area contributed by atoms with Crippen LogP contribution in [0.5, 0.6) is 0 Å². The summed E-state index contributed by atoms with van der Waals surface area (Å²) in [6.07, 6.45) is 0. The average molecular weight is 1180 g/mol. The molecule has 0 amide bonds. The Balaban J connectivity index is 1.15. The van der Waals surface area contributed by atoms with Gasteiger partial charge in [0.2, 0.25) is 0 Å². The van der Waals surface area contributed by atoms with Crippen molar-refractivity contribution in [3.63, 3.8) is 0 Å². The molecule has 2 aliphatic rings. The number of aromatic nitrogens is 1. The van der Waals surface area contributed by atoms with Crippen LogP contribution < -0.4 is 26.2 Å². The van der Waals surface area contributed by atoms with Gasteiger partial charge >= 0.3 is 0 Å². The summed E-state index contributed by atoms with van der Waals surface area (Å²) in [7, 11) is 0. The molecule has 4 heteroatoms. The van der Waals surface area contributed by atoms with Crippen molar-refractivity contribution in [2.75, 3.05) is 9.80 Å². The van der Waals surface area contributed by atoms with Crippen LogP contribution in [0.25, 0.3) is 72.0 Å². The van der Waals surface area contributed by atoms with Gasteiger partial charge in [0.15, 0.2) is 0 Å². The number of fused-ring (bicyclic) bond motifs is 7. The van der Waals surface area contributed by atoms with Crippen molar-refractivity contribution in [1.29, 1.82) is 0 Å². The molecule has 0 fully saturated rings. The molecule has 0 aliphatic carbocycles. The Hall–Kier alpha value is -9.12. The molecule has 0 unspecified atom stereocenters. The van der Waals surface area contributed by atoms with E-state index in [1.165, 1.54) is 27.8 Å². The lowest BCUT2D eigenvalue weighted by molar-refractivity contribution is 0.590. The van der Waals surface area contributed by atoms with Crippen molar-refractivity contribution in [2.45, 2.75) is 131 Å². The summed E-state index contributed by atoms with van der Waals surface area (Å²) in [6, 6.07) is 66.1. The first-order valence-corrected chi connectivity index (χ1v) is 31.9. The van der Waals surface area contributed by atoms with Crippen molar-refractivity contribution in [3.8, 4) is 50.2 Å². The summed E-state index contributed by atoms with van der Waals surface area (Å²) < 4.78 is 76.2. The fourth-order valence-corrected chi connectivity index (χ4v) is 13.8. The van der Waals surface area contributed by atoms with E-state index in [-0.39, 0.29) is 73.1 Å². The molecule has 2 aliphatic heterocycles. The fourth-order valence-electron chi connectivity index (χ4n) is 13.8. The van der Waals surface area contributed by atoms with Crippen LogP contribution in [0.4, 0.5) is 34.1 Å². The standard InChI is InChI=1S/C86H84BN3/c1-82(2,3)59-41-33-55(34-42-59)65-25-20-26-66(56-35-43-60(44-36-56)83(4,5)6)80(65)89-75-31-22-32-76-79(75)87(71-51-49-63(53-77(71)89)86(13,14)15)72-52-50-64(88-73-29-18-16-23-69(73)70-24-17-19-30-74(70)88)54-78(72)90(76)81-67(57-37-45-61(46-38-57)84(7,8)9)27-21-28-68(81)58-39-47-62(48-40-58)85(10,11)12/h16-54H,1-15H3/i16D,17D,18D,19D,23D,24D,29D,30D. The highest BCUT2D eigenvalue weighted by Crippen LogP contribution is 2.54. The molecule has 3 heterocycles. The molecule has 0 radical (unpaired) electrons. The van der Waals surface area contributed by atoms with E-state index in [1.807, 2.05) is 6.07 Å². The van der Waals surface area contributed by atoms with E-state index in [0.717, 1.165) is 95.0 Å². The minimum Gasteiger partial charge on any atom is -0.310 e. The maximum atomic E-state index is 9.70. The third kappa shape index (κ3) is 9.99. The lowest BCUT2D eigenvalue weighted by Gasteiger charge is -2.46. The highest BCUT2D eigenvalue weighted by atomic mass is 15.2. The number of nitrogens with zero attached hydrogens (tertiary/aromatic N) is 3. The molecule has 3 nitrogen and oxygen atoms in total. The van der Waals surface area contributed by atoms with Crippen molar-refractivity contribution in [3.05, 3.63) is 264 Å². The minimum absolute atomic E-state index is 0.0264. The molecule has 0 spiro atoms. The monoisotopic (exact) mass is 1180 g/mol. The van der Waals surface area contributed by atoms with E-state index in [4.69, 9.17) is 5.48 Å². The lowest BCUT2D eigenvalue weighted by atomic mass is 9.33. The number of rotatable bonds is 7. The van der Waals surface area contributed by atoms with Crippen LogP contribution in [0.2, 0.25) is 0 Å². The summed E-state index contributed by atoms with van der Waals surface area (Å²) in [5, 5.41) is 0.0528. The van der Waals surface area contributed by atoms with Crippen LogP contribution in [0, 0.1) is 0 Å². The zero-order valence-corrected chi connectivity index (χ0v) is 54.8. The van der Waals surface area contributed by atoms with Gasteiger partial charge in [-0.1, -0.05) is 298 Å². The Kier molecular flexibility index (Phi) is 11.8. The van der Waals surface area contributed by atoms with E-state index in [9.17, 15) is 5.48 Å². The Morgan fingerprint density at radius 2 is 0.622 bits per heavy atom. The van der Waals surface area contributed by atoms with Crippen LogP contribution in [0.15, 0.2) is 236 Å². The summed E-state index contributed by atoms with van der Waals surface area (Å²) in [4.78, 5) is 4.97. The van der Waals surface area contributed by atoms with Gasteiger partial charge in [-0.25, -0.2) is 0 Å². The summed E-state index contributed by atoms with van der Waals surface area (Å²) in [6.45, 7) is 33.4. The third-order valence-electron chi connectivity index (χ3n) is 18.9. The second-order valence-electron chi connectivity index (χ2n) is 30.1. The SMILES string of the molecule is [2H]c1c([2H])c([2H])c2c(c1[2H])c1c([2H])c([2H])c([2H])c([2H])c1n2-c1ccc2c(c1)N(c1c(-c3ccc(C(C)(C)C)cc3)cccc1-c1ccc(C(C)(C)C)cc1)c1cccc3c1B2c1ccc(C(C)(C)C)cc1N3c1c(-c2ccc(C(C)(C)C)cc2)cccc1-c1ccc(C(C)(C)C)cc1. The zero-order valence-electron chi connectivity index (χ0n) is 62.8. The van der Waals surface area contributed by atoms with Gasteiger partial charge in [-0.2, -0.15) is 0 Å². The largest absolute Gasteiger partial charge is 0.310 e. The van der Waals surface area contributed by atoms with Gasteiger partial charge in [-0.3, -0.25) is 0 Å². The molecular formula is C86H84BN3. The molecule has 12 aromatic rings. The first-order valence-electron chi connectivity index (χ1n) is 35.9. The molecule has 14 rings (SSSR count). The Bertz CT molecular complexity index is 5020. The Labute approximate surface area is 547 Å². The lowest BCUT2D eigenvalue weighted by Crippen LogP contribution is -2.61. The predicted octanol–water partition coefficient (Wildman–Crippen LogP) is 22.0. The molecular weight excluding hydrogens is 1090 g/mol. The van der Waals surface area contributed by atoms with Crippen LogP contribution in [-0.4, -0.2) is 11.3 Å². The van der Waals surface area contributed by atoms with Gasteiger partial charge in [-0.05, 0) is 136 Å². The van der Waals surface area contributed by atoms with Crippen molar-refractivity contribution in [2.24, 2.45) is 0 Å². The number of hydrogen-bond acceptors (Lipinski definition) is 2. The molecule has 1 aromatic heterocycles. The van der Waals surface area contributed by atoms with Crippen molar-refractivity contribution < 1.29 is 11.0 Å². The predicted molar refractivity (Wildman–Crippen MR) is 390 cm³/mol. The molecule has 90 heavy (non-hydrogen) atoms. The van der Waals surface area contributed by atoms with E-state index in [2.05, 4.69) is 296 Å². The van der Waals surface area contributed by atoms with Gasteiger partial charge in [0.25, 0.3) is 6.71 Å². The molecule has 0 N–H and O–H groups in total. The van der Waals surface area contributed by atoms with Crippen LogP contribution in [-0.2, 0) is 27.1 Å². The third-order valence-corrected chi connectivity index (χ3v) is 18.9.